The van der Waals surface area contributed by atoms with Crippen LogP contribution in [0.15, 0.2) is 182 Å². The quantitative estimate of drug-likeness (QED) is 0.174. The molecule has 10 rings (SSSR count). The lowest BCUT2D eigenvalue weighted by Gasteiger charge is -2.18. The number of para-hydroxylation sites is 1. The van der Waals surface area contributed by atoms with Crippen molar-refractivity contribution in [2.75, 3.05) is 0 Å². The SMILES string of the molecule is c1ccc(-c2nn(-c3ccccc3)c3c2c(-c2ccccc2)c(-c2ccc(-c4ccc5ccc6cccnc6c5n4)cc2)c2ccccc23)cc1. The molecule has 10 aromatic rings. The van der Waals surface area contributed by atoms with Gasteiger partial charge < -0.3 is 0 Å². The molecular weight excluding hydrogens is 621 g/mol. The molecular formula is C47H30N4. The molecule has 0 fully saturated rings. The summed E-state index contributed by atoms with van der Waals surface area (Å²) in [6.07, 6.45) is 1.84. The summed E-state index contributed by atoms with van der Waals surface area (Å²) in [5.41, 5.74) is 12.6. The van der Waals surface area contributed by atoms with Gasteiger partial charge in [0, 0.05) is 44.4 Å². The van der Waals surface area contributed by atoms with E-state index in [4.69, 9.17) is 10.1 Å². The molecule has 0 saturated heterocycles. The van der Waals surface area contributed by atoms with Gasteiger partial charge in [-0.15, -0.1) is 0 Å². The van der Waals surface area contributed by atoms with E-state index in [1.807, 2.05) is 12.3 Å². The summed E-state index contributed by atoms with van der Waals surface area (Å²) < 4.78 is 2.13. The zero-order valence-corrected chi connectivity index (χ0v) is 27.6. The molecule has 0 aliphatic heterocycles. The molecule has 51 heavy (non-hydrogen) atoms. The molecule has 3 aromatic heterocycles. The van der Waals surface area contributed by atoms with Gasteiger partial charge >= 0.3 is 0 Å². The van der Waals surface area contributed by atoms with Crippen LogP contribution in [0.2, 0.25) is 0 Å². The Kier molecular flexibility index (Phi) is 6.78. The van der Waals surface area contributed by atoms with Crippen LogP contribution in [0, 0.1) is 0 Å². The smallest absolute Gasteiger partial charge is 0.101 e. The monoisotopic (exact) mass is 650 g/mol. The number of pyridine rings is 2. The van der Waals surface area contributed by atoms with E-state index in [0.717, 1.165) is 77.4 Å². The molecule has 0 saturated carbocycles. The summed E-state index contributed by atoms with van der Waals surface area (Å²) in [6, 6.07) is 61.9. The van der Waals surface area contributed by atoms with Gasteiger partial charge in [-0.3, -0.25) is 4.98 Å². The lowest BCUT2D eigenvalue weighted by Crippen LogP contribution is -1.97. The van der Waals surface area contributed by atoms with E-state index in [1.54, 1.807) is 0 Å². The first-order valence-corrected chi connectivity index (χ1v) is 17.2. The third-order valence-electron chi connectivity index (χ3n) is 9.85. The van der Waals surface area contributed by atoms with Crippen molar-refractivity contribution in [1.29, 1.82) is 0 Å². The highest BCUT2D eigenvalue weighted by Gasteiger charge is 2.25. The molecule has 4 nitrogen and oxygen atoms in total. The average molecular weight is 651 g/mol. The van der Waals surface area contributed by atoms with Crippen molar-refractivity contribution in [3.8, 4) is 50.5 Å². The maximum absolute atomic E-state index is 5.40. The number of hydrogen-bond acceptors (Lipinski definition) is 3. The summed E-state index contributed by atoms with van der Waals surface area (Å²) in [4.78, 5) is 9.81. The second-order valence-corrected chi connectivity index (χ2v) is 12.8. The summed E-state index contributed by atoms with van der Waals surface area (Å²) in [7, 11) is 0. The van der Waals surface area contributed by atoms with Crippen molar-refractivity contribution in [3.63, 3.8) is 0 Å². The molecule has 0 spiro atoms. The van der Waals surface area contributed by atoms with Crippen molar-refractivity contribution in [2.24, 2.45) is 0 Å². The van der Waals surface area contributed by atoms with E-state index < -0.39 is 0 Å². The van der Waals surface area contributed by atoms with Crippen molar-refractivity contribution in [3.05, 3.63) is 182 Å². The Bertz CT molecular complexity index is 2880. The van der Waals surface area contributed by atoms with Crippen molar-refractivity contribution < 1.29 is 0 Å². The van der Waals surface area contributed by atoms with Crippen LogP contribution in [-0.2, 0) is 0 Å². The second kappa shape index (κ2) is 11.9. The Morgan fingerprint density at radius 3 is 1.75 bits per heavy atom. The molecule has 3 heterocycles. The zero-order chi connectivity index (χ0) is 33.7. The average Bonchev–Trinajstić information content (AvgIpc) is 3.62. The fourth-order valence-corrected chi connectivity index (χ4v) is 7.51. The number of nitrogens with zero attached hydrogens (tertiary/aromatic N) is 4. The zero-order valence-electron chi connectivity index (χ0n) is 27.6. The minimum absolute atomic E-state index is 0.918. The highest BCUT2D eigenvalue weighted by atomic mass is 15.3. The van der Waals surface area contributed by atoms with Crippen LogP contribution in [0.25, 0.3) is 93.9 Å². The standard InChI is InChI=1S/C47H30N4/c1-4-13-32(14-5-1)42-41(33-24-22-31(23-25-33)40-29-28-36-27-26-35-17-12-30-48-45(35)46(36)49-40)38-20-10-11-21-39(38)47-43(42)44(34-15-6-2-7-16-34)50-51(47)37-18-8-3-9-19-37/h1-30H. The molecule has 4 heteroatoms. The van der Waals surface area contributed by atoms with Crippen LogP contribution in [0.3, 0.4) is 0 Å². The van der Waals surface area contributed by atoms with Gasteiger partial charge in [-0.05, 0) is 46.3 Å². The predicted molar refractivity (Wildman–Crippen MR) is 211 cm³/mol. The van der Waals surface area contributed by atoms with Gasteiger partial charge in [-0.1, -0.05) is 152 Å². The normalized spacial score (nSPS) is 11.5. The van der Waals surface area contributed by atoms with Crippen molar-refractivity contribution >= 4 is 43.5 Å². The molecule has 238 valence electrons. The number of aromatic nitrogens is 4. The van der Waals surface area contributed by atoms with Gasteiger partial charge in [0.2, 0.25) is 0 Å². The van der Waals surface area contributed by atoms with Crippen LogP contribution >= 0.6 is 0 Å². The number of hydrogen-bond donors (Lipinski definition) is 0. The molecule has 0 aliphatic carbocycles. The molecule has 0 aliphatic rings. The highest BCUT2D eigenvalue weighted by Crippen LogP contribution is 2.48. The van der Waals surface area contributed by atoms with Crippen LogP contribution < -0.4 is 0 Å². The Hall–Kier alpha value is -6.91. The van der Waals surface area contributed by atoms with Crippen molar-refractivity contribution in [1.82, 2.24) is 19.7 Å². The largest absolute Gasteiger partial charge is 0.254 e. The Morgan fingerprint density at radius 2 is 1.00 bits per heavy atom. The highest BCUT2D eigenvalue weighted by molar-refractivity contribution is 6.24. The summed E-state index contributed by atoms with van der Waals surface area (Å²) >= 11 is 0. The summed E-state index contributed by atoms with van der Waals surface area (Å²) in [5, 5.41) is 11.0. The third-order valence-corrected chi connectivity index (χ3v) is 9.85. The van der Waals surface area contributed by atoms with E-state index in [2.05, 4.69) is 180 Å². The van der Waals surface area contributed by atoms with Crippen LogP contribution in [0.4, 0.5) is 0 Å². The van der Waals surface area contributed by atoms with Gasteiger partial charge in [0.05, 0.1) is 27.9 Å². The number of fused-ring (bicyclic) bond motifs is 6. The Morgan fingerprint density at radius 1 is 0.412 bits per heavy atom. The minimum Gasteiger partial charge on any atom is -0.254 e. The summed E-state index contributed by atoms with van der Waals surface area (Å²) in [6.45, 7) is 0. The number of rotatable bonds is 5. The maximum atomic E-state index is 5.40. The number of benzene rings is 7. The lowest BCUT2D eigenvalue weighted by molar-refractivity contribution is 0.918. The molecule has 0 bridgehead atoms. The van der Waals surface area contributed by atoms with Crippen LogP contribution in [0.5, 0.6) is 0 Å². The van der Waals surface area contributed by atoms with E-state index in [1.165, 1.54) is 16.5 Å². The lowest BCUT2D eigenvalue weighted by atomic mass is 9.85. The Balaban J connectivity index is 1.26. The first-order chi connectivity index (χ1) is 25.3. The van der Waals surface area contributed by atoms with Crippen LogP contribution in [0.1, 0.15) is 0 Å². The second-order valence-electron chi connectivity index (χ2n) is 12.8. The molecule has 0 radical (unpaired) electrons. The van der Waals surface area contributed by atoms with E-state index in [0.29, 0.717) is 0 Å². The summed E-state index contributed by atoms with van der Waals surface area (Å²) in [5.74, 6) is 0. The molecule has 0 atom stereocenters. The Labute approximate surface area is 294 Å². The first-order valence-electron chi connectivity index (χ1n) is 17.2. The first kappa shape index (κ1) is 29.0. The predicted octanol–water partition coefficient (Wildman–Crippen LogP) is 11.9. The van der Waals surface area contributed by atoms with Gasteiger partial charge in [0.25, 0.3) is 0 Å². The van der Waals surface area contributed by atoms with Crippen LogP contribution in [-0.4, -0.2) is 19.7 Å². The fraction of sp³-hybridized carbons (Fsp3) is 0. The van der Waals surface area contributed by atoms with Crippen molar-refractivity contribution in [2.45, 2.75) is 0 Å². The van der Waals surface area contributed by atoms with Gasteiger partial charge in [0.15, 0.2) is 0 Å². The van der Waals surface area contributed by atoms with E-state index in [-0.39, 0.29) is 0 Å². The fourth-order valence-electron chi connectivity index (χ4n) is 7.51. The van der Waals surface area contributed by atoms with E-state index >= 15 is 0 Å². The molecule has 0 unspecified atom stereocenters. The molecule has 0 N–H and O–H groups in total. The van der Waals surface area contributed by atoms with Gasteiger partial charge in [-0.25, -0.2) is 9.67 Å². The molecule has 7 aromatic carbocycles. The molecule has 0 amide bonds. The van der Waals surface area contributed by atoms with E-state index in [9.17, 15) is 0 Å². The third kappa shape index (κ3) is 4.80. The van der Waals surface area contributed by atoms with Gasteiger partial charge in [-0.2, -0.15) is 5.10 Å². The van der Waals surface area contributed by atoms with Gasteiger partial charge in [0.1, 0.15) is 5.69 Å². The maximum Gasteiger partial charge on any atom is 0.101 e. The minimum atomic E-state index is 0.918. The topological polar surface area (TPSA) is 43.6 Å².